The number of nitrogens with two attached hydrogens (primary N) is 2. The lowest BCUT2D eigenvalue weighted by molar-refractivity contribution is -0.131. The van der Waals surface area contributed by atoms with E-state index in [2.05, 4.69) is 28.1 Å². The molecule has 0 bridgehead atoms. The minimum absolute atomic E-state index is 0.0697. The molecule has 6 N–H and O–H groups in total. The number of carbonyl (C=O) groups is 2. The Bertz CT molecular complexity index is 1630. The second-order valence-electron chi connectivity index (χ2n) is 11.7. The number of primary amides is 1. The highest BCUT2D eigenvalue weighted by Crippen LogP contribution is 2.48. The minimum Gasteiger partial charge on any atom is -0.399 e. The standard InChI is InChI=1S/C31H33N7O4/c1-16(35-15-27(39)38-23(14-32)11-22-12-26(22)38)13-31(29-36-30(41)42-37-29)24-7-5-18(17(2)33)9-19(24)3-4-20-10-21(28(34)40)6-8-25(20)31/h5-10,16,22-23,26,35H,2-4,11-13,15,33H2,1H3,(H2,34,40)(H,36,37,41)/t16-,22-,23?,26+,31?/m1/s1. The fraction of sp³-hybridized carbons (Fsp3) is 0.387. The highest BCUT2D eigenvalue weighted by molar-refractivity contribution is 5.93. The smallest absolute Gasteiger partial charge is 0.399 e. The molecule has 3 aliphatic rings. The van der Waals surface area contributed by atoms with Gasteiger partial charge in [-0.3, -0.25) is 19.1 Å². The summed E-state index contributed by atoms with van der Waals surface area (Å²) in [5, 5.41) is 17.1. The number of nitrogens with zero attached hydrogens (tertiary/aromatic N) is 3. The Hall–Kier alpha value is -4.69. The van der Waals surface area contributed by atoms with Crippen molar-refractivity contribution in [3.05, 3.63) is 92.7 Å². The zero-order chi connectivity index (χ0) is 29.8. The molecule has 1 saturated heterocycles. The van der Waals surface area contributed by atoms with Crippen molar-refractivity contribution in [1.29, 1.82) is 5.26 Å². The number of carbonyl (C=O) groups excluding carboxylic acids is 2. The van der Waals surface area contributed by atoms with E-state index in [1.54, 1.807) is 17.0 Å². The van der Waals surface area contributed by atoms with Crippen molar-refractivity contribution in [2.24, 2.45) is 17.4 Å². The molecule has 1 saturated carbocycles. The molecule has 6 rings (SSSR count). The molecule has 42 heavy (non-hydrogen) atoms. The molecule has 1 aliphatic heterocycles. The summed E-state index contributed by atoms with van der Waals surface area (Å²) in [6.45, 7) is 5.93. The zero-order valence-electron chi connectivity index (χ0n) is 23.4. The molecule has 216 valence electrons. The Morgan fingerprint density at radius 2 is 1.86 bits per heavy atom. The summed E-state index contributed by atoms with van der Waals surface area (Å²) < 4.78 is 5.04. The van der Waals surface area contributed by atoms with Crippen LogP contribution in [0.4, 0.5) is 0 Å². The van der Waals surface area contributed by atoms with Crippen LogP contribution in [0.2, 0.25) is 0 Å². The van der Waals surface area contributed by atoms with Gasteiger partial charge in [0.25, 0.3) is 0 Å². The van der Waals surface area contributed by atoms with Crippen LogP contribution in [-0.2, 0) is 23.1 Å². The predicted octanol–water partition coefficient (Wildman–Crippen LogP) is 1.71. The number of amides is 2. The van der Waals surface area contributed by atoms with Crippen LogP contribution in [-0.4, -0.2) is 51.5 Å². The van der Waals surface area contributed by atoms with Crippen LogP contribution in [0.15, 0.2) is 52.3 Å². The molecule has 2 fully saturated rings. The van der Waals surface area contributed by atoms with Crippen LogP contribution in [0, 0.1) is 17.2 Å². The van der Waals surface area contributed by atoms with Gasteiger partial charge >= 0.3 is 5.76 Å². The first kappa shape index (κ1) is 27.5. The number of likely N-dealkylation sites (tertiary alicyclic amines) is 1. The lowest BCUT2D eigenvalue weighted by Gasteiger charge is -2.37. The van der Waals surface area contributed by atoms with Gasteiger partial charge in [-0.2, -0.15) is 5.26 Å². The van der Waals surface area contributed by atoms with E-state index in [-0.39, 0.29) is 30.6 Å². The summed E-state index contributed by atoms with van der Waals surface area (Å²) in [4.78, 5) is 42.2. The minimum atomic E-state index is -1.02. The number of hydrogen-bond donors (Lipinski definition) is 4. The van der Waals surface area contributed by atoms with Crippen LogP contribution in [0.1, 0.15) is 70.2 Å². The largest absolute Gasteiger partial charge is 0.438 e. The Morgan fingerprint density at radius 3 is 2.45 bits per heavy atom. The second-order valence-corrected chi connectivity index (χ2v) is 11.7. The summed E-state index contributed by atoms with van der Waals surface area (Å²) in [6.07, 6.45) is 3.31. The molecule has 11 heteroatoms. The van der Waals surface area contributed by atoms with Gasteiger partial charge in [0.2, 0.25) is 11.8 Å². The lowest BCUT2D eigenvalue weighted by Crippen LogP contribution is -2.46. The third-order valence-electron chi connectivity index (χ3n) is 9.05. The summed E-state index contributed by atoms with van der Waals surface area (Å²) in [5.41, 5.74) is 15.9. The molecular formula is C31H33N7O4. The van der Waals surface area contributed by atoms with E-state index in [9.17, 15) is 19.6 Å². The van der Waals surface area contributed by atoms with Crippen molar-refractivity contribution >= 4 is 17.5 Å². The van der Waals surface area contributed by atoms with Crippen molar-refractivity contribution in [1.82, 2.24) is 20.4 Å². The van der Waals surface area contributed by atoms with Gasteiger partial charge in [-0.1, -0.05) is 29.9 Å². The molecule has 0 radical (unpaired) electrons. The molecular weight excluding hydrogens is 534 g/mol. The molecule has 5 atom stereocenters. The quantitative estimate of drug-likeness (QED) is 0.317. The first-order valence-electron chi connectivity index (χ1n) is 14.1. The second kappa shape index (κ2) is 10.3. The van der Waals surface area contributed by atoms with Gasteiger partial charge < -0.3 is 21.7 Å². The highest BCUT2D eigenvalue weighted by atomic mass is 16.5. The SMILES string of the molecule is C=C(N)c1ccc2c(c1)CCc1cc(C(N)=O)ccc1C2(C[C@@H](C)NCC(=O)N1C(C#N)C[C@@H]2C[C@@H]21)c1noc(=O)[nH]1. The Labute approximate surface area is 242 Å². The summed E-state index contributed by atoms with van der Waals surface area (Å²) in [6, 6.07) is 13.0. The average molecular weight is 568 g/mol. The van der Waals surface area contributed by atoms with Crippen LogP contribution in [0.25, 0.3) is 5.70 Å². The molecule has 3 aromatic rings. The normalized spacial score (nSPS) is 24.5. The van der Waals surface area contributed by atoms with Crippen molar-refractivity contribution in [2.75, 3.05) is 6.54 Å². The molecule has 2 heterocycles. The number of nitrogens with one attached hydrogen (secondary N) is 2. The Kier molecular flexibility index (Phi) is 6.74. The van der Waals surface area contributed by atoms with E-state index in [4.69, 9.17) is 16.0 Å². The van der Waals surface area contributed by atoms with E-state index in [0.717, 1.165) is 40.7 Å². The fourth-order valence-electron chi connectivity index (χ4n) is 7.00. The first-order chi connectivity index (χ1) is 20.1. The van der Waals surface area contributed by atoms with E-state index >= 15 is 0 Å². The topological polar surface area (TPSA) is 184 Å². The number of H-pyrrole nitrogens is 1. The van der Waals surface area contributed by atoms with Gasteiger partial charge in [-0.05, 0) is 91.0 Å². The average Bonchev–Trinajstić information content (AvgIpc) is 3.46. The van der Waals surface area contributed by atoms with Gasteiger partial charge in [0.15, 0.2) is 5.82 Å². The maximum absolute atomic E-state index is 13.2. The first-order valence-corrected chi connectivity index (χ1v) is 14.1. The van der Waals surface area contributed by atoms with Gasteiger partial charge in [0.1, 0.15) is 6.04 Å². The van der Waals surface area contributed by atoms with E-state index in [1.807, 2.05) is 31.2 Å². The fourth-order valence-corrected chi connectivity index (χ4v) is 7.00. The summed E-state index contributed by atoms with van der Waals surface area (Å²) in [7, 11) is 0. The summed E-state index contributed by atoms with van der Waals surface area (Å²) >= 11 is 0. The number of hydrogen-bond acceptors (Lipinski definition) is 8. The van der Waals surface area contributed by atoms with E-state index in [1.165, 1.54) is 0 Å². The van der Waals surface area contributed by atoms with Crippen LogP contribution < -0.4 is 22.5 Å². The van der Waals surface area contributed by atoms with E-state index in [0.29, 0.717) is 42.3 Å². The maximum Gasteiger partial charge on any atom is 0.438 e. The van der Waals surface area contributed by atoms with Crippen molar-refractivity contribution in [2.45, 2.75) is 62.6 Å². The number of nitriles is 1. The van der Waals surface area contributed by atoms with Gasteiger partial charge in [-0.25, -0.2) is 4.79 Å². The number of benzene rings is 2. The Balaban J connectivity index is 1.43. The Morgan fingerprint density at radius 1 is 1.19 bits per heavy atom. The molecule has 2 amide bonds. The van der Waals surface area contributed by atoms with Crippen LogP contribution >= 0.6 is 0 Å². The number of piperidine rings is 1. The number of aromatic nitrogens is 2. The zero-order valence-corrected chi connectivity index (χ0v) is 23.4. The third-order valence-corrected chi connectivity index (χ3v) is 9.05. The predicted molar refractivity (Wildman–Crippen MR) is 154 cm³/mol. The molecule has 2 aromatic carbocycles. The maximum atomic E-state index is 13.2. The van der Waals surface area contributed by atoms with Gasteiger partial charge in [-0.15, -0.1) is 0 Å². The number of aryl methyl sites for hydroxylation is 2. The van der Waals surface area contributed by atoms with Crippen molar-refractivity contribution < 1.29 is 14.1 Å². The monoisotopic (exact) mass is 567 g/mol. The van der Waals surface area contributed by atoms with Gasteiger partial charge in [0, 0.05) is 23.3 Å². The number of fused-ring (bicyclic) bond motifs is 3. The number of aromatic amines is 1. The van der Waals surface area contributed by atoms with Crippen LogP contribution in [0.5, 0.6) is 0 Å². The molecule has 1 aromatic heterocycles. The van der Waals surface area contributed by atoms with E-state index < -0.39 is 17.1 Å². The highest BCUT2D eigenvalue weighted by Gasteiger charge is 2.54. The number of rotatable bonds is 8. The third kappa shape index (κ3) is 4.58. The molecule has 2 aliphatic carbocycles. The van der Waals surface area contributed by atoms with Crippen molar-refractivity contribution in [3.8, 4) is 6.07 Å². The molecule has 11 nitrogen and oxygen atoms in total. The van der Waals surface area contributed by atoms with Crippen LogP contribution in [0.3, 0.4) is 0 Å². The van der Waals surface area contributed by atoms with Gasteiger partial charge in [0.05, 0.1) is 18.0 Å². The van der Waals surface area contributed by atoms with Crippen molar-refractivity contribution in [3.63, 3.8) is 0 Å². The molecule has 2 unspecified atom stereocenters. The lowest BCUT2D eigenvalue weighted by atomic mass is 9.67. The molecule has 0 spiro atoms. The summed E-state index contributed by atoms with van der Waals surface area (Å²) in [5.74, 6) is -0.578.